The number of aliphatic hydroxyl groups excluding tert-OH is 2. The van der Waals surface area contributed by atoms with Gasteiger partial charge in [-0.25, -0.2) is 9.07 Å². The molecule has 23 heteroatoms. The Labute approximate surface area is 473 Å². The van der Waals surface area contributed by atoms with Crippen molar-refractivity contribution in [2.24, 2.45) is 5.92 Å². The molecule has 0 unspecified atom stereocenters. The Hall–Kier alpha value is -7.91. The van der Waals surface area contributed by atoms with Crippen LogP contribution in [0.4, 0.5) is 15.2 Å². The van der Waals surface area contributed by atoms with Gasteiger partial charge in [0.25, 0.3) is 0 Å². The quantitative estimate of drug-likeness (QED) is 0.0642. The van der Waals surface area contributed by atoms with Gasteiger partial charge in [-0.1, -0.05) is 79.2 Å². The summed E-state index contributed by atoms with van der Waals surface area (Å²) < 4.78 is 36.2. The number of pyridine rings is 2. The Morgan fingerprint density at radius 3 is 2.53 bits per heavy atom. The lowest BCUT2D eigenvalue weighted by atomic mass is 10.0. The van der Waals surface area contributed by atoms with Gasteiger partial charge in [0.05, 0.1) is 58.8 Å². The summed E-state index contributed by atoms with van der Waals surface area (Å²) in [5.74, 6) is -0.797. The third-order valence-corrected chi connectivity index (χ3v) is 17.0. The first-order chi connectivity index (χ1) is 39.3. The van der Waals surface area contributed by atoms with Crippen LogP contribution in [0, 0.1) is 23.1 Å². The van der Waals surface area contributed by atoms with Gasteiger partial charge in [0.1, 0.15) is 64.4 Å². The van der Waals surface area contributed by atoms with E-state index in [1.54, 1.807) is 49.1 Å². The fourth-order valence-electron chi connectivity index (χ4n) is 11.5. The van der Waals surface area contributed by atoms with Gasteiger partial charge in [-0.05, 0) is 47.2 Å². The van der Waals surface area contributed by atoms with E-state index in [0.29, 0.717) is 87.3 Å². The highest BCUT2D eigenvalue weighted by atomic mass is 35.5. The normalized spacial score (nSPS) is 19.8. The molecule has 416 valence electrons. The van der Waals surface area contributed by atoms with E-state index in [1.165, 1.54) is 15.6 Å². The van der Waals surface area contributed by atoms with E-state index in [1.807, 2.05) is 50.2 Å². The number of anilines is 2. The van der Waals surface area contributed by atoms with Crippen LogP contribution in [0.5, 0.6) is 11.8 Å². The number of likely N-dealkylation sites (tertiary alicyclic amines) is 1. The van der Waals surface area contributed by atoms with Crippen LogP contribution < -0.4 is 30.7 Å². The lowest BCUT2D eigenvalue weighted by Crippen LogP contribution is -2.50. The number of carbonyl (C=O) groups excluding carboxylic acids is 2. The number of benzene rings is 3. The molecule has 5 aromatic heterocycles. The van der Waals surface area contributed by atoms with Gasteiger partial charge in [0.15, 0.2) is 5.75 Å². The van der Waals surface area contributed by atoms with Crippen molar-refractivity contribution < 1.29 is 38.4 Å². The summed E-state index contributed by atoms with van der Waals surface area (Å²) in [6, 6.07) is 19.5. The minimum absolute atomic E-state index is 0.00999. The molecular formula is C58H57ClFN13O7S. The molecule has 0 spiro atoms. The predicted molar refractivity (Wildman–Crippen MR) is 302 cm³/mol. The topological polar surface area (TPSA) is 265 Å². The molecule has 81 heavy (non-hydrogen) atoms. The van der Waals surface area contributed by atoms with Crippen LogP contribution in [0.3, 0.4) is 0 Å². The number of halogens is 2. The van der Waals surface area contributed by atoms with Crippen LogP contribution >= 0.6 is 22.9 Å². The Bertz CT molecular complexity index is 3720. The molecule has 20 nitrogen and oxygen atoms in total. The second-order valence-corrected chi connectivity index (χ2v) is 22.7. The van der Waals surface area contributed by atoms with Gasteiger partial charge < -0.3 is 50.6 Å². The summed E-state index contributed by atoms with van der Waals surface area (Å²) in [7, 11) is 0. The van der Waals surface area contributed by atoms with Crippen molar-refractivity contribution in [3.05, 3.63) is 119 Å². The smallest absolute Gasteiger partial charge is 0.319 e. The number of nitrogen functional groups attached to an aromatic ring is 1. The van der Waals surface area contributed by atoms with E-state index in [2.05, 4.69) is 36.9 Å². The highest BCUT2D eigenvalue weighted by Crippen LogP contribution is 2.46. The second-order valence-electron chi connectivity index (χ2n) is 21.2. The zero-order chi connectivity index (χ0) is 56.1. The van der Waals surface area contributed by atoms with Crippen molar-refractivity contribution in [1.82, 2.24) is 50.5 Å². The Morgan fingerprint density at radius 1 is 1.02 bits per heavy atom. The number of nitrogens with two attached hydrogens (primary N) is 1. The van der Waals surface area contributed by atoms with Gasteiger partial charge in [-0.3, -0.25) is 19.6 Å². The number of aromatic nitrogens is 7. The third kappa shape index (κ3) is 10.5. The van der Waals surface area contributed by atoms with Crippen molar-refractivity contribution in [1.29, 1.82) is 5.26 Å². The molecule has 8 aromatic rings. The number of piperazine rings is 1. The first-order valence-corrected chi connectivity index (χ1v) is 28.1. The summed E-state index contributed by atoms with van der Waals surface area (Å²) >= 11 is 7.39. The van der Waals surface area contributed by atoms with E-state index >= 15 is 4.39 Å². The lowest BCUT2D eigenvalue weighted by molar-refractivity contribution is -0.142. The SMILES string of the molecule is CC(C)[C@@H](C(=O)N1C[C@H](O)C[C@H]1C(=O)N[C@@H](CO)c1ccc(-c2cnccc2Cl)cc1)n1cc(-c2ccc(COc3c(-c4ccc(F)c5sc(N)c(C#N)c45)ncc4c(N5C[C@@H]6C[C@H]5CN6)nc(OC5CCOCC5)nc34)cc2)nn1. The maximum Gasteiger partial charge on any atom is 0.319 e. The maximum absolute atomic E-state index is 15.5. The minimum atomic E-state index is -1.02. The minimum Gasteiger partial charge on any atom is -0.484 e. The van der Waals surface area contributed by atoms with E-state index in [4.69, 9.17) is 46.5 Å². The number of nitrogens with zero attached hydrogens (tertiary/aromatic N) is 10. The van der Waals surface area contributed by atoms with Crippen molar-refractivity contribution in [3.8, 4) is 51.5 Å². The average molecular weight is 1130 g/mol. The van der Waals surface area contributed by atoms with Crippen LogP contribution in [0.2, 0.25) is 5.02 Å². The van der Waals surface area contributed by atoms with Gasteiger partial charge in [-0.15, -0.1) is 16.4 Å². The molecule has 4 saturated heterocycles. The number of rotatable bonds is 16. The molecule has 2 bridgehead atoms. The maximum atomic E-state index is 15.5. The molecular weight excluding hydrogens is 1080 g/mol. The monoisotopic (exact) mass is 1130 g/mol. The van der Waals surface area contributed by atoms with Crippen LogP contribution in [0.25, 0.3) is 54.6 Å². The summed E-state index contributed by atoms with van der Waals surface area (Å²) in [6.07, 6.45) is 7.86. The molecule has 0 saturated carbocycles. The number of thiophene rings is 1. The number of aliphatic hydroxyl groups is 2. The number of fused-ring (bicyclic) bond motifs is 4. The summed E-state index contributed by atoms with van der Waals surface area (Å²) in [4.78, 5) is 51.5. The lowest BCUT2D eigenvalue weighted by Gasteiger charge is -2.30. The molecule has 2 amide bonds. The zero-order valence-electron chi connectivity index (χ0n) is 44.2. The average Bonchev–Trinajstić information content (AvgIpc) is 4.38. The molecule has 4 aliphatic heterocycles. The van der Waals surface area contributed by atoms with Gasteiger partial charge in [0.2, 0.25) is 11.8 Å². The Morgan fingerprint density at radius 2 is 1.81 bits per heavy atom. The van der Waals surface area contributed by atoms with E-state index in [-0.39, 0.29) is 64.7 Å². The number of hydrogen-bond acceptors (Lipinski definition) is 18. The van der Waals surface area contributed by atoms with Gasteiger partial charge in [0, 0.05) is 91.6 Å². The third-order valence-electron chi connectivity index (χ3n) is 15.7. The summed E-state index contributed by atoms with van der Waals surface area (Å²) in [6.45, 7) is 5.94. The number of hydrogen-bond donors (Lipinski definition) is 5. The summed E-state index contributed by atoms with van der Waals surface area (Å²) in [5.41, 5.74) is 11.8. The van der Waals surface area contributed by atoms with Crippen LogP contribution in [-0.4, -0.2) is 132 Å². The van der Waals surface area contributed by atoms with Crippen molar-refractivity contribution in [2.45, 2.75) is 88.6 Å². The highest BCUT2D eigenvalue weighted by molar-refractivity contribution is 7.23. The van der Waals surface area contributed by atoms with Gasteiger partial charge >= 0.3 is 6.01 Å². The number of nitrogens with one attached hydrogen (secondary N) is 2. The van der Waals surface area contributed by atoms with Crippen molar-refractivity contribution in [2.75, 3.05) is 50.1 Å². The second kappa shape index (κ2) is 22.6. The standard InChI is InChI=1S/C58H57ClFN13O7S/c1-30(2)51(57(77)72-26-37(75)20-47(72)56(76)66-46(28-74)34-9-7-32(8-10-34)41-23-63-16-13-43(41)59)73-27-45(69-70-73)33-5-3-31(4-6-33)29-79-52-49(39-11-12-44(60)53-48(39)40(21-61)54(62)81-53)65-24-42-50(52)67-58(80-38-14-17-78-18-15-38)68-55(42)71-25-35-19-36(71)22-64-35/h3-13,16,23-24,27,30,35-38,46-47,51,64,74-75H,14-15,17-20,22,25-26,28-29,62H2,1-2H3,(H,66,76)/t35-,36-,37+,46-,47-,51-/m0/s1. The number of nitriles is 1. The van der Waals surface area contributed by atoms with Crippen molar-refractivity contribution >= 4 is 66.6 Å². The van der Waals surface area contributed by atoms with E-state index in [0.717, 1.165) is 47.5 Å². The van der Waals surface area contributed by atoms with Crippen LogP contribution in [0.15, 0.2) is 91.5 Å². The fraction of sp³-hybridized carbons (Fsp3) is 0.362. The zero-order valence-corrected chi connectivity index (χ0v) is 45.8. The van der Waals surface area contributed by atoms with E-state index < -0.39 is 48.5 Å². The molecule has 3 aromatic carbocycles. The summed E-state index contributed by atoms with van der Waals surface area (Å²) in [5, 5.41) is 48.7. The fourth-order valence-corrected chi connectivity index (χ4v) is 12.7. The van der Waals surface area contributed by atoms with E-state index in [9.17, 15) is 25.1 Å². The van der Waals surface area contributed by atoms with Gasteiger partial charge in [-0.2, -0.15) is 15.2 Å². The molecule has 12 rings (SSSR count). The molecule has 9 heterocycles. The number of β-amino-alcohol motifs (C(OH)–C–C–N with tert-alkyl or cyclic N) is 1. The largest absolute Gasteiger partial charge is 0.484 e. The first kappa shape index (κ1) is 53.7. The molecule has 4 fully saturated rings. The molecule has 6 atom stereocenters. The van der Waals surface area contributed by atoms with Crippen LogP contribution in [0.1, 0.15) is 68.3 Å². The van der Waals surface area contributed by atoms with Crippen LogP contribution in [-0.2, 0) is 20.9 Å². The Balaban J connectivity index is 0.808. The first-order valence-electron chi connectivity index (χ1n) is 26.9. The molecule has 6 N–H and O–H groups in total. The number of ether oxygens (including phenoxy) is 3. The van der Waals surface area contributed by atoms with Crippen molar-refractivity contribution in [3.63, 3.8) is 0 Å². The Kier molecular flexibility index (Phi) is 15.0. The highest BCUT2D eigenvalue weighted by Gasteiger charge is 2.44. The number of amides is 2. The predicted octanol–water partition coefficient (Wildman–Crippen LogP) is 7.17. The molecule has 0 aliphatic carbocycles. The molecule has 4 aliphatic rings. The molecule has 0 radical (unpaired) electrons. The number of carbonyl (C=O) groups is 2.